The van der Waals surface area contributed by atoms with Crippen molar-refractivity contribution in [3.8, 4) is 0 Å². The highest BCUT2D eigenvalue weighted by Gasteiger charge is 2.20. The van der Waals surface area contributed by atoms with Crippen LogP contribution in [0.15, 0.2) is 48.5 Å². The Balaban J connectivity index is 1.58. The predicted molar refractivity (Wildman–Crippen MR) is 89.1 cm³/mol. The van der Waals surface area contributed by atoms with Crippen molar-refractivity contribution in [1.82, 2.24) is 10.2 Å². The summed E-state index contributed by atoms with van der Waals surface area (Å²) in [5.74, 6) is -0.240. The number of nitrogens with one attached hydrogen (secondary N) is 1. The van der Waals surface area contributed by atoms with Gasteiger partial charge in [-0.05, 0) is 36.1 Å². The van der Waals surface area contributed by atoms with E-state index in [2.05, 4.69) is 17.4 Å². The summed E-state index contributed by atoms with van der Waals surface area (Å²) in [6, 6.07) is 15.6. The highest BCUT2D eigenvalue weighted by Crippen LogP contribution is 2.18. The molecule has 4 nitrogen and oxygen atoms in total. The van der Waals surface area contributed by atoms with E-state index in [-0.39, 0.29) is 18.4 Å². The third kappa shape index (κ3) is 3.42. The molecular formula is C19H20N2O2. The Morgan fingerprint density at radius 1 is 1.04 bits per heavy atom. The molecule has 0 saturated heterocycles. The average Bonchev–Trinajstić information content (AvgIpc) is 2.59. The fourth-order valence-electron chi connectivity index (χ4n) is 2.90. The van der Waals surface area contributed by atoms with Gasteiger partial charge in [-0.2, -0.15) is 0 Å². The summed E-state index contributed by atoms with van der Waals surface area (Å²) in [5, 5.41) is 2.73. The molecule has 23 heavy (non-hydrogen) atoms. The number of benzene rings is 2. The molecule has 2 aromatic rings. The minimum absolute atomic E-state index is 0.0370. The normalized spacial score (nSPS) is 13.3. The summed E-state index contributed by atoms with van der Waals surface area (Å²) in [6.45, 7) is 3.25. The first-order chi connectivity index (χ1) is 11.1. The molecule has 4 heteroatoms. The van der Waals surface area contributed by atoms with E-state index >= 15 is 0 Å². The van der Waals surface area contributed by atoms with Gasteiger partial charge in [0, 0.05) is 18.7 Å². The number of fused-ring (bicyclic) bond motifs is 1. The van der Waals surface area contributed by atoms with E-state index in [1.807, 2.05) is 37.3 Å². The molecule has 0 aliphatic carbocycles. The van der Waals surface area contributed by atoms with Crippen LogP contribution in [0.3, 0.4) is 0 Å². The van der Waals surface area contributed by atoms with E-state index in [0.717, 1.165) is 12.0 Å². The summed E-state index contributed by atoms with van der Waals surface area (Å²) >= 11 is 0. The number of hydrogen-bond acceptors (Lipinski definition) is 2. The van der Waals surface area contributed by atoms with Crippen LogP contribution in [0.5, 0.6) is 0 Å². The highest BCUT2D eigenvalue weighted by molar-refractivity contribution is 5.97. The molecule has 0 bridgehead atoms. The Labute approximate surface area is 136 Å². The van der Waals surface area contributed by atoms with Crippen LogP contribution in [0.25, 0.3) is 0 Å². The number of carbonyl (C=O) groups is 2. The van der Waals surface area contributed by atoms with Crippen molar-refractivity contribution in [3.05, 3.63) is 70.8 Å². The van der Waals surface area contributed by atoms with Crippen molar-refractivity contribution in [3.63, 3.8) is 0 Å². The van der Waals surface area contributed by atoms with Gasteiger partial charge in [-0.15, -0.1) is 0 Å². The lowest BCUT2D eigenvalue weighted by Crippen LogP contribution is -2.42. The lowest BCUT2D eigenvalue weighted by molar-refractivity contribution is -0.131. The van der Waals surface area contributed by atoms with Gasteiger partial charge in [-0.25, -0.2) is 0 Å². The summed E-state index contributed by atoms with van der Waals surface area (Å²) in [7, 11) is 0. The molecule has 1 aliphatic heterocycles. The maximum atomic E-state index is 12.3. The average molecular weight is 308 g/mol. The molecule has 1 aliphatic rings. The summed E-state index contributed by atoms with van der Waals surface area (Å²) < 4.78 is 0. The second kappa shape index (κ2) is 6.65. The van der Waals surface area contributed by atoms with Crippen molar-refractivity contribution < 1.29 is 9.59 Å². The smallest absolute Gasteiger partial charge is 0.251 e. The number of amides is 2. The maximum absolute atomic E-state index is 12.3. The zero-order chi connectivity index (χ0) is 16.2. The molecule has 0 fully saturated rings. The van der Waals surface area contributed by atoms with Crippen molar-refractivity contribution in [2.45, 2.75) is 19.9 Å². The van der Waals surface area contributed by atoms with Crippen LogP contribution in [-0.4, -0.2) is 29.8 Å². The number of nitrogens with zero attached hydrogens (tertiary/aromatic N) is 1. The molecular weight excluding hydrogens is 288 g/mol. The standard InChI is InChI=1S/C19H20N2O2/c1-14-6-2-5-9-17(14)19(23)20-12-18(22)21-11-10-15-7-3-4-8-16(15)13-21/h2-9H,10-13H2,1H3,(H,20,23). The molecule has 1 N–H and O–H groups in total. The van der Waals surface area contributed by atoms with E-state index < -0.39 is 0 Å². The first-order valence-electron chi connectivity index (χ1n) is 7.83. The molecule has 0 aromatic heterocycles. The number of rotatable bonds is 3. The zero-order valence-corrected chi connectivity index (χ0v) is 13.2. The third-order valence-corrected chi connectivity index (χ3v) is 4.27. The van der Waals surface area contributed by atoms with Gasteiger partial charge in [0.15, 0.2) is 0 Å². The van der Waals surface area contributed by atoms with Gasteiger partial charge in [0.05, 0.1) is 6.54 Å². The Bertz CT molecular complexity index is 740. The number of hydrogen-bond donors (Lipinski definition) is 1. The van der Waals surface area contributed by atoms with Crippen molar-refractivity contribution >= 4 is 11.8 Å². The van der Waals surface area contributed by atoms with Gasteiger partial charge in [-0.3, -0.25) is 9.59 Å². The fraction of sp³-hybridized carbons (Fsp3) is 0.263. The first kappa shape index (κ1) is 15.3. The van der Waals surface area contributed by atoms with Gasteiger partial charge in [0.2, 0.25) is 5.91 Å². The van der Waals surface area contributed by atoms with Gasteiger partial charge in [0.1, 0.15) is 0 Å². The monoisotopic (exact) mass is 308 g/mol. The molecule has 0 spiro atoms. The largest absolute Gasteiger partial charge is 0.343 e. The molecule has 2 aromatic carbocycles. The summed E-state index contributed by atoms with van der Waals surface area (Å²) in [6.07, 6.45) is 0.869. The lowest BCUT2D eigenvalue weighted by Gasteiger charge is -2.29. The first-order valence-corrected chi connectivity index (χ1v) is 7.83. The molecule has 0 radical (unpaired) electrons. The van der Waals surface area contributed by atoms with Crippen molar-refractivity contribution in [1.29, 1.82) is 0 Å². The lowest BCUT2D eigenvalue weighted by atomic mass is 10.00. The van der Waals surface area contributed by atoms with Crippen molar-refractivity contribution in [2.75, 3.05) is 13.1 Å². The second-order valence-corrected chi connectivity index (χ2v) is 5.83. The van der Waals surface area contributed by atoms with E-state index in [1.165, 1.54) is 11.1 Å². The quantitative estimate of drug-likeness (QED) is 0.946. The minimum Gasteiger partial charge on any atom is -0.343 e. The summed E-state index contributed by atoms with van der Waals surface area (Å²) in [5.41, 5.74) is 4.02. The van der Waals surface area contributed by atoms with E-state index in [1.54, 1.807) is 11.0 Å². The minimum atomic E-state index is -0.200. The predicted octanol–water partition coefficient (Wildman–Crippen LogP) is 2.31. The molecule has 0 saturated carbocycles. The van der Waals surface area contributed by atoms with Crippen LogP contribution in [0.2, 0.25) is 0 Å². The zero-order valence-electron chi connectivity index (χ0n) is 13.2. The SMILES string of the molecule is Cc1ccccc1C(=O)NCC(=O)N1CCc2ccccc2C1. The second-order valence-electron chi connectivity index (χ2n) is 5.83. The van der Waals surface area contributed by atoms with E-state index in [0.29, 0.717) is 18.7 Å². The van der Waals surface area contributed by atoms with Crippen LogP contribution >= 0.6 is 0 Å². The maximum Gasteiger partial charge on any atom is 0.251 e. The van der Waals surface area contributed by atoms with Gasteiger partial charge in [0.25, 0.3) is 5.91 Å². The third-order valence-electron chi connectivity index (χ3n) is 4.27. The molecule has 2 amide bonds. The molecule has 0 atom stereocenters. The van der Waals surface area contributed by atoms with E-state index in [9.17, 15) is 9.59 Å². The molecule has 3 rings (SSSR count). The Hall–Kier alpha value is -2.62. The topological polar surface area (TPSA) is 49.4 Å². The van der Waals surface area contributed by atoms with Crippen LogP contribution < -0.4 is 5.32 Å². The van der Waals surface area contributed by atoms with Crippen molar-refractivity contribution in [2.24, 2.45) is 0 Å². The van der Waals surface area contributed by atoms with Gasteiger partial charge >= 0.3 is 0 Å². The fourth-order valence-corrected chi connectivity index (χ4v) is 2.90. The molecule has 0 unspecified atom stereocenters. The van der Waals surface area contributed by atoms with Crippen LogP contribution in [0.4, 0.5) is 0 Å². The van der Waals surface area contributed by atoms with Crippen LogP contribution in [0, 0.1) is 6.92 Å². The van der Waals surface area contributed by atoms with Crippen LogP contribution in [-0.2, 0) is 17.8 Å². The number of aryl methyl sites for hydroxylation is 1. The molecule has 1 heterocycles. The molecule has 118 valence electrons. The van der Waals surface area contributed by atoms with Gasteiger partial charge < -0.3 is 10.2 Å². The Morgan fingerprint density at radius 2 is 1.74 bits per heavy atom. The van der Waals surface area contributed by atoms with E-state index in [4.69, 9.17) is 0 Å². The Kier molecular flexibility index (Phi) is 4.42. The highest BCUT2D eigenvalue weighted by atomic mass is 16.2. The number of carbonyl (C=O) groups excluding carboxylic acids is 2. The van der Waals surface area contributed by atoms with Gasteiger partial charge in [-0.1, -0.05) is 42.5 Å². The van der Waals surface area contributed by atoms with Crippen LogP contribution in [0.1, 0.15) is 27.0 Å². The Morgan fingerprint density at radius 3 is 2.52 bits per heavy atom. The summed E-state index contributed by atoms with van der Waals surface area (Å²) in [4.78, 5) is 26.3.